The van der Waals surface area contributed by atoms with E-state index in [1.54, 1.807) is 30.6 Å². The van der Waals surface area contributed by atoms with Crippen molar-refractivity contribution >= 4 is 17.6 Å². The molecule has 198 valence electrons. The second-order valence-corrected chi connectivity index (χ2v) is 9.38. The number of nitrogens with zero attached hydrogens (tertiary/aromatic N) is 4. The van der Waals surface area contributed by atoms with Crippen LogP contribution in [0.2, 0.25) is 0 Å². The SMILES string of the molecule is CC1(C)C(=O)N(c2ccc(C#N)c(C(F)(F)F)c2)C(=O)N1CCCOC1=CCC(c2ccncc2)C(F)=C1. The summed E-state index contributed by atoms with van der Waals surface area (Å²) in [6.07, 6.45) is 2.15. The van der Waals surface area contributed by atoms with Crippen molar-refractivity contribution in [3.8, 4) is 6.07 Å². The number of urea groups is 1. The summed E-state index contributed by atoms with van der Waals surface area (Å²) in [5.74, 6) is -1.09. The summed E-state index contributed by atoms with van der Waals surface area (Å²) in [6, 6.07) is 6.90. The van der Waals surface area contributed by atoms with E-state index >= 15 is 0 Å². The van der Waals surface area contributed by atoms with Gasteiger partial charge in [0.25, 0.3) is 5.91 Å². The predicted octanol–water partition coefficient (Wildman–Crippen LogP) is 5.85. The van der Waals surface area contributed by atoms with Gasteiger partial charge < -0.3 is 9.64 Å². The maximum absolute atomic E-state index is 14.6. The Morgan fingerprint density at radius 3 is 2.53 bits per heavy atom. The number of carbonyl (C=O) groups excluding carboxylic acids is 2. The third-order valence-corrected chi connectivity index (χ3v) is 6.58. The Morgan fingerprint density at radius 1 is 1.18 bits per heavy atom. The number of rotatable bonds is 7. The van der Waals surface area contributed by atoms with Gasteiger partial charge in [0.05, 0.1) is 29.5 Å². The standard InChI is InChI=1S/C27H24F4N4O3/c1-26(2)24(36)35(19-5-4-18(16-32)22(14-19)27(29,30)31)25(37)34(26)12-3-13-38-20-6-7-21(23(28)15-20)17-8-10-33-11-9-17/h4-6,8-11,14-15,21H,3,7,12-13H2,1-2H3. The molecule has 1 atom stereocenters. The topological polar surface area (TPSA) is 86.5 Å². The van der Waals surface area contributed by atoms with Crippen molar-refractivity contribution in [3.05, 3.63) is 83.2 Å². The van der Waals surface area contributed by atoms with E-state index in [1.807, 2.05) is 0 Å². The van der Waals surface area contributed by atoms with E-state index < -0.39 is 40.7 Å². The van der Waals surface area contributed by atoms with Gasteiger partial charge in [-0.05, 0) is 68.7 Å². The summed E-state index contributed by atoms with van der Waals surface area (Å²) in [7, 11) is 0. The van der Waals surface area contributed by atoms with Gasteiger partial charge in [0.15, 0.2) is 0 Å². The monoisotopic (exact) mass is 528 g/mol. The van der Waals surface area contributed by atoms with Gasteiger partial charge in [-0.3, -0.25) is 9.78 Å². The molecule has 2 aromatic rings. The normalized spacial score (nSPS) is 19.2. The quantitative estimate of drug-likeness (QED) is 0.256. The minimum atomic E-state index is -4.83. The van der Waals surface area contributed by atoms with Gasteiger partial charge in [0, 0.05) is 30.9 Å². The Kier molecular flexibility index (Phi) is 7.26. The van der Waals surface area contributed by atoms with Crippen LogP contribution in [0.5, 0.6) is 0 Å². The lowest BCUT2D eigenvalue weighted by Crippen LogP contribution is -2.44. The smallest absolute Gasteiger partial charge is 0.417 e. The maximum atomic E-state index is 14.6. The van der Waals surface area contributed by atoms with E-state index in [2.05, 4.69) is 4.98 Å². The first-order chi connectivity index (χ1) is 17.9. The van der Waals surface area contributed by atoms with Gasteiger partial charge in [-0.1, -0.05) is 0 Å². The number of pyridine rings is 1. The zero-order valence-corrected chi connectivity index (χ0v) is 20.6. The van der Waals surface area contributed by atoms with Crippen molar-refractivity contribution in [3.63, 3.8) is 0 Å². The molecule has 2 heterocycles. The van der Waals surface area contributed by atoms with Crippen molar-refractivity contribution in [2.24, 2.45) is 0 Å². The third kappa shape index (κ3) is 5.11. The van der Waals surface area contributed by atoms with Crippen molar-refractivity contribution < 1.29 is 31.9 Å². The molecule has 1 unspecified atom stereocenters. The zero-order chi connectivity index (χ0) is 27.7. The highest BCUT2D eigenvalue weighted by molar-refractivity contribution is 6.23. The first-order valence-corrected chi connectivity index (χ1v) is 11.8. The molecule has 0 saturated carbocycles. The summed E-state index contributed by atoms with van der Waals surface area (Å²) in [5, 5.41) is 9.01. The number of benzene rings is 1. The fourth-order valence-corrected chi connectivity index (χ4v) is 4.49. The third-order valence-electron chi connectivity index (χ3n) is 6.58. The molecule has 0 N–H and O–H groups in total. The first-order valence-electron chi connectivity index (χ1n) is 11.8. The molecule has 1 aliphatic carbocycles. The molecule has 7 nitrogen and oxygen atoms in total. The fourth-order valence-electron chi connectivity index (χ4n) is 4.49. The van der Waals surface area contributed by atoms with Crippen molar-refractivity contribution in [2.75, 3.05) is 18.1 Å². The number of nitriles is 1. The van der Waals surface area contributed by atoms with Crippen LogP contribution in [0, 0.1) is 11.3 Å². The highest BCUT2D eigenvalue weighted by Gasteiger charge is 2.52. The molecule has 1 aromatic heterocycles. The summed E-state index contributed by atoms with van der Waals surface area (Å²) < 4.78 is 60.5. The molecular formula is C27H24F4N4O3. The molecule has 3 amide bonds. The van der Waals surface area contributed by atoms with Crippen molar-refractivity contribution in [2.45, 2.75) is 44.3 Å². The lowest BCUT2D eigenvalue weighted by atomic mass is 9.92. The largest absolute Gasteiger partial charge is 0.494 e. The summed E-state index contributed by atoms with van der Waals surface area (Å²) in [5.41, 5.74) is -2.62. The highest BCUT2D eigenvalue weighted by atomic mass is 19.4. The lowest BCUT2D eigenvalue weighted by Gasteiger charge is -2.27. The molecule has 2 aliphatic rings. The molecule has 1 aromatic carbocycles. The minimum absolute atomic E-state index is 0.0790. The molecule has 0 radical (unpaired) electrons. The van der Waals surface area contributed by atoms with Crippen LogP contribution in [-0.4, -0.2) is 40.5 Å². The number of hydrogen-bond donors (Lipinski definition) is 0. The van der Waals surface area contributed by atoms with Gasteiger partial charge in [-0.2, -0.15) is 18.4 Å². The number of imide groups is 1. The van der Waals surface area contributed by atoms with Crippen molar-refractivity contribution in [1.29, 1.82) is 5.26 Å². The minimum Gasteiger partial charge on any atom is -0.494 e. The Morgan fingerprint density at radius 2 is 1.89 bits per heavy atom. The van der Waals surface area contributed by atoms with E-state index in [-0.39, 0.29) is 31.1 Å². The number of hydrogen-bond acceptors (Lipinski definition) is 5. The van der Waals surface area contributed by atoms with Crippen LogP contribution in [0.4, 0.5) is 28.0 Å². The van der Waals surface area contributed by atoms with Crippen LogP contribution in [-0.2, 0) is 15.7 Å². The van der Waals surface area contributed by atoms with Crippen LogP contribution >= 0.6 is 0 Å². The Labute approximate surface area is 216 Å². The molecule has 0 spiro atoms. The molecule has 38 heavy (non-hydrogen) atoms. The van der Waals surface area contributed by atoms with E-state index in [9.17, 15) is 27.2 Å². The fraction of sp³-hybridized carbons (Fsp3) is 0.333. The molecule has 0 bridgehead atoms. The number of halogens is 4. The molecule has 1 aliphatic heterocycles. The number of alkyl halides is 3. The number of anilines is 1. The van der Waals surface area contributed by atoms with Crippen LogP contribution in [0.1, 0.15) is 49.3 Å². The lowest BCUT2D eigenvalue weighted by molar-refractivity contribution is -0.137. The van der Waals surface area contributed by atoms with Gasteiger partial charge in [0.1, 0.15) is 17.1 Å². The number of allylic oxidation sites excluding steroid dienone is 3. The summed E-state index contributed by atoms with van der Waals surface area (Å²) >= 11 is 0. The Balaban J connectivity index is 1.40. The number of ether oxygens (including phenoxy) is 1. The van der Waals surface area contributed by atoms with E-state index in [1.165, 1.54) is 30.9 Å². The number of aromatic nitrogens is 1. The van der Waals surface area contributed by atoms with E-state index in [0.29, 0.717) is 23.1 Å². The molecular weight excluding hydrogens is 504 g/mol. The molecule has 11 heteroatoms. The summed E-state index contributed by atoms with van der Waals surface area (Å²) in [4.78, 5) is 32.1. The van der Waals surface area contributed by atoms with E-state index in [0.717, 1.165) is 17.7 Å². The zero-order valence-electron chi connectivity index (χ0n) is 20.6. The second-order valence-electron chi connectivity index (χ2n) is 9.38. The molecule has 1 fully saturated rings. The van der Waals surface area contributed by atoms with Gasteiger partial charge in [-0.25, -0.2) is 14.1 Å². The number of carbonyl (C=O) groups is 2. The van der Waals surface area contributed by atoms with Crippen LogP contribution < -0.4 is 4.90 Å². The van der Waals surface area contributed by atoms with Crippen molar-refractivity contribution in [1.82, 2.24) is 9.88 Å². The Hall–Kier alpha value is -4.20. The van der Waals surface area contributed by atoms with Gasteiger partial charge >= 0.3 is 12.2 Å². The van der Waals surface area contributed by atoms with Gasteiger partial charge in [0.2, 0.25) is 0 Å². The highest BCUT2D eigenvalue weighted by Crippen LogP contribution is 2.38. The van der Waals surface area contributed by atoms with E-state index in [4.69, 9.17) is 10.00 Å². The predicted molar refractivity (Wildman–Crippen MR) is 129 cm³/mol. The number of amides is 3. The second kappa shape index (κ2) is 10.3. The Bertz CT molecular complexity index is 1350. The maximum Gasteiger partial charge on any atom is 0.417 e. The van der Waals surface area contributed by atoms with Crippen LogP contribution in [0.15, 0.2) is 66.5 Å². The molecule has 1 saturated heterocycles. The first kappa shape index (κ1) is 26.9. The van der Waals surface area contributed by atoms with Gasteiger partial charge in [-0.15, -0.1) is 0 Å². The molecule has 4 rings (SSSR count). The van der Waals surface area contributed by atoms with Crippen LogP contribution in [0.3, 0.4) is 0 Å². The average molecular weight is 529 g/mol. The van der Waals surface area contributed by atoms with Crippen LogP contribution in [0.25, 0.3) is 0 Å². The summed E-state index contributed by atoms with van der Waals surface area (Å²) in [6.45, 7) is 3.21. The average Bonchev–Trinajstić information content (AvgIpc) is 3.05.